The standard InChI is InChI=1S/2C6H4N2.C4F8I2/c2*7-5-6-1-3-8-4-2-6;5-1(6,3(9,10)13)2(7,8)4(11,12)14/h2*1-4H;. The van der Waals surface area contributed by atoms with Gasteiger partial charge < -0.3 is 0 Å². The number of rotatable bonds is 3. The van der Waals surface area contributed by atoms with Gasteiger partial charge in [0.05, 0.1) is 23.3 Å². The highest BCUT2D eigenvalue weighted by Crippen LogP contribution is 2.56. The molecule has 0 saturated carbocycles. The summed E-state index contributed by atoms with van der Waals surface area (Å²) in [6.45, 7) is 0. The van der Waals surface area contributed by atoms with Crippen LogP contribution in [0.4, 0.5) is 35.1 Å². The van der Waals surface area contributed by atoms with Gasteiger partial charge in [-0.2, -0.15) is 45.6 Å². The maximum absolute atomic E-state index is 12.2. The fraction of sp³-hybridized carbons (Fsp3) is 0.250. The van der Waals surface area contributed by atoms with E-state index in [0.717, 1.165) is 0 Å². The van der Waals surface area contributed by atoms with Crippen LogP contribution in [0, 0.1) is 22.7 Å². The Kier molecular flexibility index (Phi) is 10.8. The summed E-state index contributed by atoms with van der Waals surface area (Å²) in [4.78, 5) is 7.48. The molecule has 0 amide bonds. The first-order chi connectivity index (χ1) is 13.6. The molecule has 2 aromatic rings. The van der Waals surface area contributed by atoms with Crippen molar-refractivity contribution in [1.82, 2.24) is 9.97 Å². The zero-order valence-electron chi connectivity index (χ0n) is 14.2. The second kappa shape index (κ2) is 11.5. The average Bonchev–Trinajstić information content (AvgIpc) is 2.68. The first-order valence-electron chi connectivity index (χ1n) is 7.11. The van der Waals surface area contributed by atoms with Crippen LogP contribution in [0.2, 0.25) is 0 Å². The fourth-order valence-corrected chi connectivity index (χ4v) is 1.89. The molecule has 4 nitrogen and oxygen atoms in total. The lowest BCUT2D eigenvalue weighted by atomic mass is 10.2. The van der Waals surface area contributed by atoms with Crippen molar-refractivity contribution in [3.8, 4) is 12.1 Å². The molecule has 0 aliphatic heterocycles. The minimum Gasteiger partial charge on any atom is -0.265 e. The highest BCUT2D eigenvalue weighted by molar-refractivity contribution is 14.1. The molecule has 0 atom stereocenters. The molecule has 2 heterocycles. The number of nitrogens with zero attached hydrogens (tertiary/aromatic N) is 4. The van der Waals surface area contributed by atoms with Crippen molar-refractivity contribution < 1.29 is 35.1 Å². The molecule has 0 unspecified atom stereocenters. The van der Waals surface area contributed by atoms with Crippen LogP contribution in [0.15, 0.2) is 49.1 Å². The quantitative estimate of drug-likeness (QED) is 0.223. The van der Waals surface area contributed by atoms with Crippen molar-refractivity contribution in [2.24, 2.45) is 0 Å². The first-order valence-corrected chi connectivity index (χ1v) is 9.27. The van der Waals surface area contributed by atoms with E-state index in [4.69, 9.17) is 10.5 Å². The number of pyridine rings is 2. The Labute approximate surface area is 192 Å². The summed E-state index contributed by atoms with van der Waals surface area (Å²) < 4.78 is 86.1. The monoisotopic (exact) mass is 662 g/mol. The maximum Gasteiger partial charge on any atom is 0.388 e. The van der Waals surface area contributed by atoms with Gasteiger partial charge in [-0.25, -0.2) is 0 Å². The van der Waals surface area contributed by atoms with Crippen molar-refractivity contribution in [3.05, 3.63) is 60.2 Å². The Morgan fingerprint density at radius 1 is 0.600 bits per heavy atom. The number of hydrogen-bond acceptors (Lipinski definition) is 4. The summed E-state index contributed by atoms with van der Waals surface area (Å²) in [6.07, 6.45) is 6.38. The zero-order valence-corrected chi connectivity index (χ0v) is 18.5. The molecule has 162 valence electrons. The smallest absolute Gasteiger partial charge is 0.265 e. The van der Waals surface area contributed by atoms with Gasteiger partial charge in [0.25, 0.3) is 0 Å². The van der Waals surface area contributed by atoms with E-state index in [1.807, 2.05) is 12.1 Å². The molecule has 0 aliphatic rings. The topological polar surface area (TPSA) is 73.4 Å². The van der Waals surface area contributed by atoms with Gasteiger partial charge in [0, 0.05) is 70.0 Å². The molecular formula is C16H8F8I2N4. The molecule has 0 aliphatic carbocycles. The average molecular weight is 662 g/mol. The minimum absolute atomic E-state index is 0.315. The maximum atomic E-state index is 12.2. The highest BCUT2D eigenvalue weighted by atomic mass is 127. The molecular weight excluding hydrogens is 654 g/mol. The number of halogens is 10. The first kappa shape index (κ1) is 28.2. The Balaban J connectivity index is 0.000000447. The highest BCUT2D eigenvalue weighted by Gasteiger charge is 2.79. The van der Waals surface area contributed by atoms with E-state index in [2.05, 4.69) is 9.97 Å². The lowest BCUT2D eigenvalue weighted by Gasteiger charge is -2.31. The summed E-state index contributed by atoms with van der Waals surface area (Å²) in [6, 6.07) is 10.6. The largest absolute Gasteiger partial charge is 0.388 e. The second-order valence-corrected chi connectivity index (χ2v) is 7.55. The lowest BCUT2D eigenvalue weighted by molar-refractivity contribution is -0.312. The Hall–Kier alpha value is -1.82. The molecule has 0 N–H and O–H groups in total. The van der Waals surface area contributed by atoms with Crippen molar-refractivity contribution in [3.63, 3.8) is 0 Å². The van der Waals surface area contributed by atoms with Crippen LogP contribution < -0.4 is 0 Å². The molecule has 2 rings (SSSR count). The van der Waals surface area contributed by atoms with Gasteiger partial charge in [-0.1, -0.05) is 0 Å². The summed E-state index contributed by atoms with van der Waals surface area (Å²) in [5.41, 5.74) is 1.31. The van der Waals surface area contributed by atoms with E-state index in [1.165, 1.54) is 0 Å². The third-order valence-corrected chi connectivity index (χ3v) is 4.08. The van der Waals surface area contributed by atoms with E-state index in [1.54, 1.807) is 49.1 Å². The Bertz CT molecular complexity index is 784. The molecule has 14 heteroatoms. The molecule has 0 radical (unpaired) electrons. The van der Waals surface area contributed by atoms with Gasteiger partial charge in [0.2, 0.25) is 0 Å². The molecule has 0 fully saturated rings. The van der Waals surface area contributed by atoms with Crippen LogP contribution in [-0.2, 0) is 0 Å². The Morgan fingerprint density at radius 3 is 0.967 bits per heavy atom. The molecule has 0 saturated heterocycles. The van der Waals surface area contributed by atoms with Crippen LogP contribution in [0.1, 0.15) is 11.1 Å². The van der Waals surface area contributed by atoms with Crippen molar-refractivity contribution in [1.29, 1.82) is 10.5 Å². The second-order valence-electron chi connectivity index (χ2n) is 4.84. The van der Waals surface area contributed by atoms with E-state index >= 15 is 0 Å². The Morgan fingerprint density at radius 2 is 0.833 bits per heavy atom. The van der Waals surface area contributed by atoms with Crippen LogP contribution in [0.5, 0.6) is 0 Å². The van der Waals surface area contributed by atoms with Crippen LogP contribution in [0.3, 0.4) is 0 Å². The molecule has 30 heavy (non-hydrogen) atoms. The third-order valence-electron chi connectivity index (χ3n) is 2.73. The predicted octanol–water partition coefficient (Wildman–Crippen LogP) is 6.22. The normalized spacial score (nSPS) is 11.6. The van der Waals surface area contributed by atoms with E-state index in [-0.39, 0.29) is 45.2 Å². The molecule has 0 aromatic carbocycles. The van der Waals surface area contributed by atoms with Gasteiger partial charge in [0.1, 0.15) is 0 Å². The third kappa shape index (κ3) is 8.13. The molecule has 2 aromatic heterocycles. The van der Waals surface area contributed by atoms with Crippen LogP contribution in [-0.4, -0.2) is 29.7 Å². The summed E-state index contributed by atoms with van der Waals surface area (Å²) in [5.74, 6) is -12.2. The number of hydrogen-bond donors (Lipinski definition) is 0. The van der Waals surface area contributed by atoms with Gasteiger partial charge in [0.15, 0.2) is 0 Å². The van der Waals surface area contributed by atoms with E-state index in [0.29, 0.717) is 11.1 Å². The molecule has 0 spiro atoms. The van der Waals surface area contributed by atoms with Crippen molar-refractivity contribution in [2.45, 2.75) is 19.7 Å². The van der Waals surface area contributed by atoms with E-state index in [9.17, 15) is 35.1 Å². The summed E-state index contributed by atoms with van der Waals surface area (Å²) in [5, 5.41) is 16.5. The summed E-state index contributed by atoms with van der Waals surface area (Å²) >= 11 is -0.631. The lowest BCUT2D eigenvalue weighted by Crippen LogP contribution is -2.58. The summed E-state index contributed by atoms with van der Waals surface area (Å²) in [7, 11) is 0. The fourth-order valence-electron chi connectivity index (χ4n) is 1.21. The van der Waals surface area contributed by atoms with Gasteiger partial charge in [-0.05, 0) is 24.3 Å². The van der Waals surface area contributed by atoms with Crippen molar-refractivity contribution in [2.75, 3.05) is 0 Å². The predicted molar refractivity (Wildman–Crippen MR) is 106 cm³/mol. The minimum atomic E-state index is -6.12. The van der Waals surface area contributed by atoms with Gasteiger partial charge >= 0.3 is 19.7 Å². The molecule has 0 bridgehead atoms. The van der Waals surface area contributed by atoms with E-state index < -0.39 is 19.7 Å². The number of alkyl halides is 10. The number of nitriles is 2. The van der Waals surface area contributed by atoms with Gasteiger partial charge in [-0.3, -0.25) is 9.97 Å². The zero-order chi connectivity index (χ0) is 23.6. The van der Waals surface area contributed by atoms with Crippen molar-refractivity contribution >= 4 is 45.2 Å². The van der Waals surface area contributed by atoms with Crippen LogP contribution >= 0.6 is 45.2 Å². The number of aromatic nitrogens is 2. The SMILES string of the molecule is FC(F)(I)C(F)(F)C(F)(F)C(F)(F)I.N#Cc1ccncc1.N#Cc1ccncc1. The van der Waals surface area contributed by atoms with Gasteiger partial charge in [-0.15, -0.1) is 0 Å². The van der Waals surface area contributed by atoms with Crippen LogP contribution in [0.25, 0.3) is 0 Å².